The predicted molar refractivity (Wildman–Crippen MR) is 102 cm³/mol. The summed E-state index contributed by atoms with van der Waals surface area (Å²) in [4.78, 5) is 37.9. The van der Waals surface area contributed by atoms with Gasteiger partial charge >= 0.3 is 5.97 Å². The van der Waals surface area contributed by atoms with E-state index in [0.29, 0.717) is 24.2 Å². The summed E-state index contributed by atoms with van der Waals surface area (Å²) in [5, 5.41) is 12.2. The van der Waals surface area contributed by atoms with Gasteiger partial charge in [0.25, 0.3) is 5.91 Å². The minimum Gasteiger partial charge on any atom is -0.480 e. The Bertz CT molecular complexity index is 835. The number of hydrogen-bond donors (Lipinski definition) is 2. The Morgan fingerprint density at radius 3 is 2.56 bits per heavy atom. The predicted octanol–water partition coefficient (Wildman–Crippen LogP) is 2.95. The maximum Gasteiger partial charge on any atom is 0.326 e. The molecule has 1 saturated heterocycles. The molecule has 0 saturated carbocycles. The van der Waals surface area contributed by atoms with Crippen molar-refractivity contribution in [2.75, 3.05) is 11.9 Å². The average Bonchev–Trinajstić information content (AvgIpc) is 2.68. The Hall–Kier alpha value is -3.15. The zero-order valence-corrected chi connectivity index (χ0v) is 14.9. The topological polar surface area (TPSA) is 86.7 Å². The number of nitrogens with one attached hydrogen (secondary N) is 1. The lowest BCUT2D eigenvalue weighted by Crippen LogP contribution is -2.48. The van der Waals surface area contributed by atoms with Gasteiger partial charge in [-0.15, -0.1) is 0 Å². The zero-order valence-electron chi connectivity index (χ0n) is 14.9. The second-order valence-corrected chi connectivity index (χ2v) is 6.64. The highest BCUT2D eigenvalue weighted by atomic mass is 16.4. The van der Waals surface area contributed by atoms with E-state index >= 15 is 0 Å². The number of carboxylic acids is 1. The minimum absolute atomic E-state index is 0.174. The molecule has 0 aromatic heterocycles. The molecular weight excluding hydrogens is 344 g/mol. The standard InChI is InChI=1S/C21H22N2O4/c24-19(13-15-7-2-1-3-8-15)22-17-10-6-9-16(14-17)20(25)23-12-5-4-11-18(23)21(26)27/h1-3,6-10,14,18H,4-5,11-13H2,(H,22,24)(H,26,27). The first-order valence-corrected chi connectivity index (χ1v) is 9.02. The van der Waals surface area contributed by atoms with Crippen LogP contribution in [0.15, 0.2) is 54.6 Å². The van der Waals surface area contributed by atoms with Crippen LogP contribution in [0, 0.1) is 0 Å². The van der Waals surface area contributed by atoms with E-state index in [-0.39, 0.29) is 18.2 Å². The number of aliphatic carboxylic acids is 1. The largest absolute Gasteiger partial charge is 0.480 e. The van der Waals surface area contributed by atoms with Crippen LogP contribution in [0.5, 0.6) is 0 Å². The first-order chi connectivity index (χ1) is 13.0. The second-order valence-electron chi connectivity index (χ2n) is 6.64. The Balaban J connectivity index is 1.70. The van der Waals surface area contributed by atoms with Crippen molar-refractivity contribution in [1.82, 2.24) is 4.90 Å². The van der Waals surface area contributed by atoms with Crippen LogP contribution in [0.25, 0.3) is 0 Å². The molecule has 1 heterocycles. The Morgan fingerprint density at radius 2 is 1.81 bits per heavy atom. The molecule has 1 atom stereocenters. The summed E-state index contributed by atoms with van der Waals surface area (Å²) < 4.78 is 0. The van der Waals surface area contributed by atoms with E-state index in [4.69, 9.17) is 0 Å². The highest BCUT2D eigenvalue weighted by Crippen LogP contribution is 2.21. The third kappa shape index (κ3) is 4.73. The van der Waals surface area contributed by atoms with Gasteiger partial charge in [-0.1, -0.05) is 36.4 Å². The summed E-state index contributed by atoms with van der Waals surface area (Å²) in [5.41, 5.74) is 1.80. The van der Waals surface area contributed by atoms with Crippen LogP contribution in [0.3, 0.4) is 0 Å². The van der Waals surface area contributed by atoms with Crippen molar-refractivity contribution in [3.05, 3.63) is 65.7 Å². The van der Waals surface area contributed by atoms with Gasteiger partial charge in [-0.2, -0.15) is 0 Å². The van der Waals surface area contributed by atoms with E-state index < -0.39 is 12.0 Å². The van der Waals surface area contributed by atoms with Crippen molar-refractivity contribution in [2.45, 2.75) is 31.7 Å². The number of likely N-dealkylation sites (tertiary alicyclic amines) is 1. The van der Waals surface area contributed by atoms with E-state index in [9.17, 15) is 19.5 Å². The van der Waals surface area contributed by atoms with Crippen LogP contribution >= 0.6 is 0 Å². The molecule has 1 aliphatic rings. The first kappa shape index (κ1) is 18.6. The van der Waals surface area contributed by atoms with Crippen LogP contribution in [0.4, 0.5) is 5.69 Å². The number of carboxylic acid groups (broad SMARTS) is 1. The molecular formula is C21H22N2O4. The Kier molecular flexibility index (Phi) is 5.86. The second kappa shape index (κ2) is 8.49. The van der Waals surface area contributed by atoms with Gasteiger partial charge in [-0.3, -0.25) is 9.59 Å². The van der Waals surface area contributed by atoms with E-state index in [0.717, 1.165) is 18.4 Å². The lowest BCUT2D eigenvalue weighted by atomic mass is 10.0. The molecule has 140 valence electrons. The van der Waals surface area contributed by atoms with E-state index in [1.54, 1.807) is 24.3 Å². The molecule has 1 unspecified atom stereocenters. The Morgan fingerprint density at radius 1 is 1.04 bits per heavy atom. The van der Waals surface area contributed by atoms with Gasteiger partial charge in [0, 0.05) is 17.8 Å². The van der Waals surface area contributed by atoms with E-state index in [2.05, 4.69) is 5.32 Å². The number of amides is 2. The van der Waals surface area contributed by atoms with Gasteiger partial charge in [-0.05, 0) is 43.0 Å². The van der Waals surface area contributed by atoms with Crippen molar-refractivity contribution in [3.63, 3.8) is 0 Å². The molecule has 0 bridgehead atoms. The normalized spacial score (nSPS) is 16.6. The number of carbonyl (C=O) groups is 3. The van der Waals surface area contributed by atoms with Gasteiger partial charge in [0.1, 0.15) is 6.04 Å². The maximum absolute atomic E-state index is 12.8. The number of carbonyl (C=O) groups excluding carboxylic acids is 2. The number of piperidine rings is 1. The summed E-state index contributed by atoms with van der Waals surface area (Å²) in [7, 11) is 0. The van der Waals surface area contributed by atoms with Crippen LogP contribution in [0.1, 0.15) is 35.2 Å². The summed E-state index contributed by atoms with van der Waals surface area (Å²) in [5.74, 6) is -1.47. The number of benzene rings is 2. The molecule has 0 aliphatic carbocycles. The van der Waals surface area contributed by atoms with E-state index in [1.165, 1.54) is 4.90 Å². The highest BCUT2D eigenvalue weighted by Gasteiger charge is 2.32. The molecule has 27 heavy (non-hydrogen) atoms. The van der Waals surface area contributed by atoms with Gasteiger partial charge in [0.15, 0.2) is 0 Å². The molecule has 2 amide bonds. The quantitative estimate of drug-likeness (QED) is 0.852. The number of nitrogens with zero attached hydrogens (tertiary/aromatic N) is 1. The minimum atomic E-state index is -0.977. The summed E-state index contributed by atoms with van der Waals surface area (Å²) >= 11 is 0. The molecule has 6 nitrogen and oxygen atoms in total. The molecule has 2 N–H and O–H groups in total. The number of hydrogen-bond acceptors (Lipinski definition) is 3. The SMILES string of the molecule is O=C(Cc1ccccc1)Nc1cccc(C(=O)N2CCCCC2C(=O)O)c1. The van der Waals surface area contributed by atoms with Crippen molar-refractivity contribution in [3.8, 4) is 0 Å². The third-order valence-electron chi connectivity index (χ3n) is 4.65. The molecule has 6 heteroatoms. The van der Waals surface area contributed by atoms with Crippen molar-refractivity contribution >= 4 is 23.5 Å². The monoisotopic (exact) mass is 366 g/mol. The molecule has 1 aliphatic heterocycles. The highest BCUT2D eigenvalue weighted by molar-refractivity contribution is 5.99. The summed E-state index contributed by atoms with van der Waals surface area (Å²) in [6, 6.07) is 15.2. The maximum atomic E-state index is 12.8. The summed E-state index contributed by atoms with van der Waals surface area (Å²) in [6.07, 6.45) is 2.31. The molecule has 3 rings (SSSR count). The van der Waals surface area contributed by atoms with Crippen LogP contribution < -0.4 is 5.32 Å². The molecule has 0 radical (unpaired) electrons. The van der Waals surface area contributed by atoms with E-state index in [1.807, 2.05) is 30.3 Å². The fourth-order valence-corrected chi connectivity index (χ4v) is 3.31. The van der Waals surface area contributed by atoms with Crippen LogP contribution in [-0.2, 0) is 16.0 Å². The van der Waals surface area contributed by atoms with Gasteiger partial charge in [0.05, 0.1) is 6.42 Å². The van der Waals surface area contributed by atoms with Crippen molar-refractivity contribution in [2.24, 2.45) is 0 Å². The van der Waals surface area contributed by atoms with Gasteiger partial charge in [0.2, 0.25) is 5.91 Å². The lowest BCUT2D eigenvalue weighted by Gasteiger charge is -2.33. The Labute approximate surface area is 157 Å². The van der Waals surface area contributed by atoms with Crippen LogP contribution in [0.2, 0.25) is 0 Å². The zero-order chi connectivity index (χ0) is 19.2. The van der Waals surface area contributed by atoms with Crippen LogP contribution in [-0.4, -0.2) is 40.4 Å². The molecule has 2 aromatic carbocycles. The number of anilines is 1. The lowest BCUT2D eigenvalue weighted by molar-refractivity contribution is -0.143. The summed E-state index contributed by atoms with van der Waals surface area (Å²) in [6.45, 7) is 0.431. The van der Waals surface area contributed by atoms with Crippen molar-refractivity contribution in [1.29, 1.82) is 0 Å². The fraction of sp³-hybridized carbons (Fsp3) is 0.286. The molecule has 1 fully saturated rings. The van der Waals surface area contributed by atoms with Crippen molar-refractivity contribution < 1.29 is 19.5 Å². The fourth-order valence-electron chi connectivity index (χ4n) is 3.31. The van der Waals surface area contributed by atoms with Gasteiger partial charge < -0.3 is 15.3 Å². The third-order valence-corrected chi connectivity index (χ3v) is 4.65. The smallest absolute Gasteiger partial charge is 0.326 e. The molecule has 0 spiro atoms. The average molecular weight is 366 g/mol. The molecule has 2 aromatic rings. The first-order valence-electron chi connectivity index (χ1n) is 9.02. The van der Waals surface area contributed by atoms with Gasteiger partial charge in [-0.25, -0.2) is 4.79 Å². The number of rotatable bonds is 5.